The summed E-state index contributed by atoms with van der Waals surface area (Å²) in [4.78, 5) is 16.1. The van der Waals surface area contributed by atoms with E-state index in [2.05, 4.69) is 31.5 Å². The molecule has 0 atom stereocenters. The van der Waals surface area contributed by atoms with Crippen molar-refractivity contribution < 1.29 is 4.79 Å². The van der Waals surface area contributed by atoms with Crippen LogP contribution in [-0.2, 0) is 0 Å². The van der Waals surface area contributed by atoms with Gasteiger partial charge in [0.2, 0.25) is 0 Å². The third-order valence-corrected chi connectivity index (χ3v) is 2.87. The van der Waals surface area contributed by atoms with E-state index in [-0.39, 0.29) is 5.91 Å². The lowest BCUT2D eigenvalue weighted by Gasteiger charge is -2.06. The maximum atomic E-state index is 12.0. The highest BCUT2D eigenvalue weighted by molar-refractivity contribution is 9.10. The predicted octanol–water partition coefficient (Wildman–Crippen LogP) is 3.14. The van der Waals surface area contributed by atoms with Gasteiger partial charge in [-0.1, -0.05) is 22.0 Å². The van der Waals surface area contributed by atoms with Crippen molar-refractivity contribution in [2.75, 3.05) is 17.7 Å². The van der Waals surface area contributed by atoms with Gasteiger partial charge in [-0.15, -0.1) is 0 Å². The topological polar surface area (TPSA) is 54.0 Å². The Morgan fingerprint density at radius 2 is 1.89 bits per heavy atom. The van der Waals surface area contributed by atoms with Crippen molar-refractivity contribution in [3.05, 3.63) is 52.6 Å². The predicted molar refractivity (Wildman–Crippen MR) is 75.9 cm³/mol. The Bertz CT molecular complexity index is 554. The summed E-state index contributed by atoms with van der Waals surface area (Å²) in [6, 6.07) is 12.6. The number of aromatic nitrogens is 1. The standard InChI is InChI=1S/C13H12BrN3O/c1-15-12-4-2-3-11(17-12)13(18)16-10-7-5-9(14)6-8-10/h2-8H,1H3,(H,15,17)(H,16,18). The summed E-state index contributed by atoms with van der Waals surface area (Å²) in [6.45, 7) is 0. The van der Waals surface area contributed by atoms with Crippen LogP contribution in [0, 0.1) is 0 Å². The highest BCUT2D eigenvalue weighted by Gasteiger charge is 2.07. The zero-order valence-electron chi connectivity index (χ0n) is 9.77. The van der Waals surface area contributed by atoms with Crippen LogP contribution in [0.2, 0.25) is 0 Å². The molecule has 1 aromatic heterocycles. The minimum Gasteiger partial charge on any atom is -0.373 e. The van der Waals surface area contributed by atoms with Gasteiger partial charge in [-0.2, -0.15) is 0 Å². The number of rotatable bonds is 3. The molecule has 0 spiro atoms. The van der Waals surface area contributed by atoms with Crippen LogP contribution in [0.25, 0.3) is 0 Å². The highest BCUT2D eigenvalue weighted by atomic mass is 79.9. The first-order valence-corrected chi connectivity index (χ1v) is 6.20. The molecule has 1 amide bonds. The maximum absolute atomic E-state index is 12.0. The average molecular weight is 306 g/mol. The summed E-state index contributed by atoms with van der Waals surface area (Å²) in [5.74, 6) is 0.438. The van der Waals surface area contributed by atoms with Gasteiger partial charge in [0.25, 0.3) is 5.91 Å². The number of nitrogens with one attached hydrogen (secondary N) is 2. The number of hydrogen-bond donors (Lipinski definition) is 2. The molecule has 2 aromatic rings. The third kappa shape index (κ3) is 3.07. The Morgan fingerprint density at radius 3 is 2.56 bits per heavy atom. The first-order valence-electron chi connectivity index (χ1n) is 5.41. The summed E-state index contributed by atoms with van der Waals surface area (Å²) in [5, 5.41) is 5.68. The van der Waals surface area contributed by atoms with Gasteiger partial charge in [0.05, 0.1) is 0 Å². The van der Waals surface area contributed by atoms with Crippen LogP contribution in [0.4, 0.5) is 11.5 Å². The van der Waals surface area contributed by atoms with Crippen LogP contribution < -0.4 is 10.6 Å². The number of nitrogens with zero attached hydrogens (tertiary/aromatic N) is 1. The van der Waals surface area contributed by atoms with E-state index in [4.69, 9.17) is 0 Å². The van der Waals surface area contributed by atoms with Crippen molar-refractivity contribution in [3.8, 4) is 0 Å². The van der Waals surface area contributed by atoms with E-state index in [9.17, 15) is 4.79 Å². The SMILES string of the molecule is CNc1cccc(C(=O)Nc2ccc(Br)cc2)n1. The molecular weight excluding hydrogens is 294 g/mol. The van der Waals surface area contributed by atoms with E-state index >= 15 is 0 Å². The minimum absolute atomic E-state index is 0.227. The summed E-state index contributed by atoms with van der Waals surface area (Å²) < 4.78 is 0.968. The van der Waals surface area contributed by atoms with Gasteiger partial charge in [-0.3, -0.25) is 4.79 Å². The zero-order valence-corrected chi connectivity index (χ0v) is 11.4. The van der Waals surface area contributed by atoms with E-state index in [1.165, 1.54) is 0 Å². The van der Waals surface area contributed by atoms with Gasteiger partial charge in [0.1, 0.15) is 11.5 Å². The van der Waals surface area contributed by atoms with Crippen LogP contribution in [-0.4, -0.2) is 17.9 Å². The van der Waals surface area contributed by atoms with Gasteiger partial charge in [0.15, 0.2) is 0 Å². The molecule has 18 heavy (non-hydrogen) atoms. The van der Waals surface area contributed by atoms with Gasteiger partial charge in [-0.25, -0.2) is 4.98 Å². The molecule has 0 fully saturated rings. The first kappa shape index (κ1) is 12.6. The Labute approximate surface area is 114 Å². The quantitative estimate of drug-likeness (QED) is 0.916. The summed E-state index contributed by atoms with van der Waals surface area (Å²) in [6.07, 6.45) is 0. The maximum Gasteiger partial charge on any atom is 0.274 e. The second-order valence-electron chi connectivity index (χ2n) is 3.62. The van der Waals surface area contributed by atoms with Crippen LogP contribution in [0.3, 0.4) is 0 Å². The van der Waals surface area contributed by atoms with E-state index in [1.54, 1.807) is 25.2 Å². The molecule has 1 heterocycles. The smallest absolute Gasteiger partial charge is 0.274 e. The van der Waals surface area contributed by atoms with Crippen molar-refractivity contribution in [2.24, 2.45) is 0 Å². The van der Waals surface area contributed by atoms with Crippen LogP contribution in [0.5, 0.6) is 0 Å². The largest absolute Gasteiger partial charge is 0.373 e. The van der Waals surface area contributed by atoms with E-state index in [0.29, 0.717) is 11.5 Å². The summed E-state index contributed by atoms with van der Waals surface area (Å²) >= 11 is 3.34. The minimum atomic E-state index is -0.227. The Hall–Kier alpha value is -1.88. The third-order valence-electron chi connectivity index (χ3n) is 2.34. The number of hydrogen-bond acceptors (Lipinski definition) is 3. The molecule has 2 N–H and O–H groups in total. The second-order valence-corrected chi connectivity index (χ2v) is 4.53. The summed E-state index contributed by atoms with van der Waals surface area (Å²) in [5.41, 5.74) is 1.12. The van der Waals surface area contributed by atoms with Crippen molar-refractivity contribution in [3.63, 3.8) is 0 Å². The molecule has 0 saturated carbocycles. The summed E-state index contributed by atoms with van der Waals surface area (Å²) in [7, 11) is 1.76. The Morgan fingerprint density at radius 1 is 1.17 bits per heavy atom. The molecule has 4 nitrogen and oxygen atoms in total. The normalized spacial score (nSPS) is 9.89. The molecule has 92 valence electrons. The van der Waals surface area contributed by atoms with E-state index in [0.717, 1.165) is 10.2 Å². The van der Waals surface area contributed by atoms with Crippen molar-refractivity contribution in [2.45, 2.75) is 0 Å². The number of halogens is 1. The lowest BCUT2D eigenvalue weighted by Crippen LogP contribution is -2.14. The molecule has 0 aliphatic heterocycles. The Kier molecular flexibility index (Phi) is 3.94. The number of benzene rings is 1. The van der Waals surface area contributed by atoms with E-state index in [1.807, 2.05) is 24.3 Å². The molecule has 1 aromatic carbocycles. The molecule has 0 aliphatic rings. The number of amides is 1. The van der Waals surface area contributed by atoms with E-state index < -0.39 is 0 Å². The van der Waals surface area contributed by atoms with Gasteiger partial charge < -0.3 is 10.6 Å². The number of carbonyl (C=O) groups is 1. The number of anilines is 2. The monoisotopic (exact) mass is 305 g/mol. The van der Waals surface area contributed by atoms with Crippen LogP contribution in [0.1, 0.15) is 10.5 Å². The molecular formula is C13H12BrN3O. The molecule has 5 heteroatoms. The molecule has 0 unspecified atom stereocenters. The fraction of sp³-hybridized carbons (Fsp3) is 0.0769. The molecule has 0 aliphatic carbocycles. The first-order chi connectivity index (χ1) is 8.69. The fourth-order valence-electron chi connectivity index (χ4n) is 1.43. The number of pyridine rings is 1. The lowest BCUT2D eigenvalue weighted by atomic mass is 10.3. The number of carbonyl (C=O) groups excluding carboxylic acids is 1. The lowest BCUT2D eigenvalue weighted by molar-refractivity contribution is 0.102. The average Bonchev–Trinajstić information content (AvgIpc) is 2.41. The van der Waals surface area contributed by atoms with Crippen molar-refractivity contribution >= 4 is 33.3 Å². The Balaban J connectivity index is 2.14. The molecule has 0 radical (unpaired) electrons. The van der Waals surface area contributed by atoms with Gasteiger partial charge in [-0.05, 0) is 36.4 Å². The van der Waals surface area contributed by atoms with Crippen molar-refractivity contribution in [1.82, 2.24) is 4.98 Å². The van der Waals surface area contributed by atoms with Crippen LogP contribution >= 0.6 is 15.9 Å². The fourth-order valence-corrected chi connectivity index (χ4v) is 1.69. The molecule has 2 rings (SSSR count). The zero-order chi connectivity index (χ0) is 13.0. The second kappa shape index (κ2) is 5.64. The highest BCUT2D eigenvalue weighted by Crippen LogP contribution is 2.15. The van der Waals surface area contributed by atoms with Crippen LogP contribution in [0.15, 0.2) is 46.9 Å². The van der Waals surface area contributed by atoms with Crippen molar-refractivity contribution in [1.29, 1.82) is 0 Å². The molecule has 0 bridgehead atoms. The van der Waals surface area contributed by atoms with Gasteiger partial charge >= 0.3 is 0 Å². The molecule has 0 saturated heterocycles. The van der Waals surface area contributed by atoms with Gasteiger partial charge in [0, 0.05) is 17.2 Å².